The number of benzene rings is 2. The summed E-state index contributed by atoms with van der Waals surface area (Å²) in [7, 11) is 0.533. The minimum Gasteiger partial charge on any atom is -0.497 e. The first-order valence-electron chi connectivity index (χ1n) is 8.35. The number of hydrogen-bond acceptors (Lipinski definition) is 7. The van der Waals surface area contributed by atoms with E-state index in [4.69, 9.17) is 29.8 Å². The first kappa shape index (κ1) is 20.4. The highest BCUT2D eigenvalue weighted by atomic mass is 35.5. The van der Waals surface area contributed by atoms with Gasteiger partial charge in [-0.25, -0.2) is 0 Å². The van der Waals surface area contributed by atoms with E-state index in [0.717, 1.165) is 5.56 Å². The van der Waals surface area contributed by atoms with Crippen LogP contribution in [0, 0.1) is 0 Å². The molecule has 0 saturated heterocycles. The number of nitrogens with one attached hydrogen (secondary N) is 1. The fourth-order valence-corrected chi connectivity index (χ4v) is 3.82. The van der Waals surface area contributed by atoms with Gasteiger partial charge in [-0.15, -0.1) is 0 Å². The molecule has 0 aliphatic carbocycles. The van der Waals surface area contributed by atoms with Crippen molar-refractivity contribution in [1.29, 1.82) is 0 Å². The van der Waals surface area contributed by atoms with Gasteiger partial charge in [-0.2, -0.15) is 4.98 Å². The molecule has 0 bridgehead atoms. The van der Waals surface area contributed by atoms with E-state index in [2.05, 4.69) is 10.3 Å². The molecular weight excluding hydrogens is 403 g/mol. The predicted molar refractivity (Wildman–Crippen MR) is 109 cm³/mol. The third-order valence-electron chi connectivity index (χ3n) is 4.08. The molecule has 0 fully saturated rings. The highest BCUT2D eigenvalue weighted by Gasteiger charge is 2.34. The molecule has 3 rings (SSSR count). The third-order valence-corrected chi connectivity index (χ3v) is 6.24. The van der Waals surface area contributed by atoms with Gasteiger partial charge in [-0.3, -0.25) is 4.57 Å². The average Bonchev–Trinajstić information content (AvgIpc) is 3.17. The van der Waals surface area contributed by atoms with Crippen LogP contribution in [0.4, 0.5) is 5.88 Å². The summed E-state index contributed by atoms with van der Waals surface area (Å²) in [4.78, 5) is 4.37. The lowest BCUT2D eigenvalue weighted by Gasteiger charge is -2.12. The van der Waals surface area contributed by atoms with Crippen LogP contribution in [0.1, 0.15) is 5.56 Å². The number of anilines is 1. The molecule has 2 aromatic carbocycles. The SMILES string of the molecule is COc1ccc(-c2nc(P(=O)(OC)OC)c(NCc3ccccc3Cl)o2)cc1. The Morgan fingerprint density at radius 3 is 2.36 bits per heavy atom. The molecule has 148 valence electrons. The van der Waals surface area contributed by atoms with Crippen molar-refractivity contribution in [3.05, 3.63) is 59.1 Å². The molecule has 1 aromatic heterocycles. The Hall–Kier alpha value is -2.31. The summed E-state index contributed by atoms with van der Waals surface area (Å²) in [6, 6.07) is 14.5. The van der Waals surface area contributed by atoms with Crippen molar-refractivity contribution < 1.29 is 22.8 Å². The van der Waals surface area contributed by atoms with Gasteiger partial charge >= 0.3 is 7.60 Å². The minimum atomic E-state index is -3.64. The Kier molecular flexibility index (Phi) is 6.42. The van der Waals surface area contributed by atoms with E-state index in [1.807, 2.05) is 18.2 Å². The molecule has 0 atom stereocenters. The van der Waals surface area contributed by atoms with Crippen LogP contribution in [0.2, 0.25) is 5.02 Å². The summed E-state index contributed by atoms with van der Waals surface area (Å²) in [5, 5.41) is 3.69. The van der Waals surface area contributed by atoms with Crippen LogP contribution in [0.3, 0.4) is 0 Å². The lowest BCUT2D eigenvalue weighted by molar-refractivity contribution is 0.286. The van der Waals surface area contributed by atoms with Gasteiger partial charge in [-0.1, -0.05) is 29.8 Å². The highest BCUT2D eigenvalue weighted by Crippen LogP contribution is 2.47. The highest BCUT2D eigenvalue weighted by molar-refractivity contribution is 7.62. The van der Waals surface area contributed by atoms with Crippen LogP contribution < -0.4 is 15.5 Å². The number of oxazole rings is 1. The van der Waals surface area contributed by atoms with Crippen molar-refractivity contribution in [2.24, 2.45) is 0 Å². The molecule has 0 aliphatic rings. The van der Waals surface area contributed by atoms with Crippen LogP contribution in [-0.2, 0) is 20.2 Å². The topological polar surface area (TPSA) is 82.8 Å². The fraction of sp³-hybridized carbons (Fsp3) is 0.211. The molecule has 1 N–H and O–H groups in total. The van der Waals surface area contributed by atoms with Gasteiger partial charge in [0.2, 0.25) is 17.2 Å². The summed E-state index contributed by atoms with van der Waals surface area (Å²) < 4.78 is 34.2. The average molecular weight is 423 g/mol. The smallest absolute Gasteiger partial charge is 0.384 e. The van der Waals surface area contributed by atoms with Crippen molar-refractivity contribution in [3.63, 3.8) is 0 Å². The van der Waals surface area contributed by atoms with Crippen molar-refractivity contribution in [3.8, 4) is 17.2 Å². The van der Waals surface area contributed by atoms with Gasteiger partial charge < -0.3 is 23.5 Å². The Balaban J connectivity index is 1.97. The van der Waals surface area contributed by atoms with Crippen LogP contribution in [0.25, 0.3) is 11.5 Å². The molecule has 3 aromatic rings. The van der Waals surface area contributed by atoms with E-state index in [9.17, 15) is 4.57 Å². The van der Waals surface area contributed by atoms with Gasteiger partial charge in [0, 0.05) is 31.4 Å². The van der Waals surface area contributed by atoms with Crippen LogP contribution in [-0.4, -0.2) is 26.3 Å². The first-order valence-corrected chi connectivity index (χ1v) is 10.3. The number of aromatic nitrogens is 1. The summed E-state index contributed by atoms with van der Waals surface area (Å²) >= 11 is 6.20. The number of rotatable bonds is 8. The zero-order valence-electron chi connectivity index (χ0n) is 15.6. The summed E-state index contributed by atoms with van der Waals surface area (Å²) in [5.74, 6) is 1.17. The quantitative estimate of drug-likeness (QED) is 0.525. The minimum absolute atomic E-state index is 0.0652. The first-order chi connectivity index (χ1) is 13.5. The van der Waals surface area contributed by atoms with E-state index in [1.165, 1.54) is 14.2 Å². The van der Waals surface area contributed by atoms with Crippen molar-refractivity contribution in [2.45, 2.75) is 6.54 Å². The largest absolute Gasteiger partial charge is 0.497 e. The monoisotopic (exact) mass is 422 g/mol. The number of methoxy groups -OCH3 is 1. The van der Waals surface area contributed by atoms with Crippen LogP contribution in [0.5, 0.6) is 5.75 Å². The predicted octanol–water partition coefficient (Wildman–Crippen LogP) is 4.73. The normalized spacial score (nSPS) is 11.4. The molecule has 0 spiro atoms. The number of ether oxygens (including phenoxy) is 1. The van der Waals surface area contributed by atoms with Gasteiger partial charge in [0.25, 0.3) is 0 Å². The van der Waals surface area contributed by atoms with E-state index >= 15 is 0 Å². The maximum atomic E-state index is 12.9. The second kappa shape index (κ2) is 8.80. The zero-order valence-corrected chi connectivity index (χ0v) is 17.3. The Morgan fingerprint density at radius 2 is 1.75 bits per heavy atom. The molecule has 0 amide bonds. The maximum Gasteiger partial charge on any atom is 0.384 e. The molecule has 28 heavy (non-hydrogen) atoms. The van der Waals surface area contributed by atoms with Gasteiger partial charge in [0.1, 0.15) is 5.75 Å². The second-order valence-electron chi connectivity index (χ2n) is 5.71. The molecule has 0 saturated carbocycles. The van der Waals surface area contributed by atoms with E-state index in [0.29, 0.717) is 22.9 Å². The van der Waals surface area contributed by atoms with Gasteiger partial charge in [0.05, 0.1) is 7.11 Å². The Bertz CT molecular complexity index is 982. The molecule has 9 heteroatoms. The summed E-state index contributed by atoms with van der Waals surface area (Å²) in [6.45, 7) is 0.345. The standard InChI is InChI=1S/C19H20ClN2O5P/c1-24-15-10-8-13(9-11-15)17-22-19(28(23,25-2)26-3)18(27-17)21-12-14-6-4-5-7-16(14)20/h4-11,21H,12H2,1-3H3. The molecule has 0 aliphatic heterocycles. The molecule has 0 radical (unpaired) electrons. The van der Waals surface area contributed by atoms with Crippen molar-refractivity contribution in [2.75, 3.05) is 26.6 Å². The lowest BCUT2D eigenvalue weighted by Crippen LogP contribution is -2.15. The molecule has 0 unspecified atom stereocenters. The number of hydrogen-bond donors (Lipinski definition) is 1. The fourth-order valence-electron chi connectivity index (χ4n) is 2.53. The Morgan fingerprint density at radius 1 is 1.07 bits per heavy atom. The van der Waals surface area contributed by atoms with Gasteiger partial charge in [0.15, 0.2) is 0 Å². The summed E-state index contributed by atoms with van der Waals surface area (Å²) in [5.41, 5.74) is 1.60. The molecular formula is C19H20ClN2O5P. The van der Waals surface area contributed by atoms with E-state index < -0.39 is 7.60 Å². The third kappa shape index (κ3) is 4.23. The summed E-state index contributed by atoms with van der Waals surface area (Å²) in [6.07, 6.45) is 0. The number of halogens is 1. The van der Waals surface area contributed by atoms with Gasteiger partial charge in [-0.05, 0) is 35.9 Å². The zero-order chi connectivity index (χ0) is 20.1. The van der Waals surface area contributed by atoms with Crippen LogP contribution >= 0.6 is 19.2 Å². The van der Waals surface area contributed by atoms with E-state index in [1.54, 1.807) is 37.4 Å². The van der Waals surface area contributed by atoms with E-state index in [-0.39, 0.29) is 17.2 Å². The maximum absolute atomic E-state index is 12.9. The van der Waals surface area contributed by atoms with Crippen molar-refractivity contribution >= 4 is 30.5 Å². The number of nitrogens with zero attached hydrogens (tertiary/aromatic N) is 1. The van der Waals surface area contributed by atoms with Crippen LogP contribution in [0.15, 0.2) is 52.9 Å². The second-order valence-corrected chi connectivity index (χ2v) is 8.26. The molecule has 1 heterocycles. The molecule has 7 nitrogen and oxygen atoms in total. The lowest BCUT2D eigenvalue weighted by atomic mass is 10.2. The van der Waals surface area contributed by atoms with Crippen molar-refractivity contribution in [1.82, 2.24) is 4.98 Å². The Labute approximate surface area is 168 Å².